The third-order valence-corrected chi connectivity index (χ3v) is 14.0. The zero-order valence-corrected chi connectivity index (χ0v) is 30.5. The van der Waals surface area contributed by atoms with Gasteiger partial charge in [-0.3, -0.25) is 0 Å². The van der Waals surface area contributed by atoms with Gasteiger partial charge in [0.2, 0.25) is 0 Å². The summed E-state index contributed by atoms with van der Waals surface area (Å²) < 4.78 is 10.2. The smallest absolute Gasteiger partial charge is 0.0547 e. The van der Waals surface area contributed by atoms with Crippen LogP contribution in [0.15, 0.2) is 170 Å². The molecule has 13 rings (SSSR count). The van der Waals surface area contributed by atoms with Gasteiger partial charge in [0.1, 0.15) is 0 Å². The van der Waals surface area contributed by atoms with Gasteiger partial charge in [-0.1, -0.05) is 91.0 Å². The van der Waals surface area contributed by atoms with Crippen LogP contribution in [0, 0.1) is 0 Å². The van der Waals surface area contributed by atoms with Crippen molar-refractivity contribution < 1.29 is 0 Å². The third kappa shape index (κ3) is 3.83. The summed E-state index contributed by atoms with van der Waals surface area (Å²) in [4.78, 5) is 0. The predicted molar refractivity (Wildman–Crippen MR) is 235 cm³/mol. The van der Waals surface area contributed by atoms with Crippen molar-refractivity contribution in [3.63, 3.8) is 0 Å². The topological polar surface area (TPSA) is 9.86 Å². The van der Waals surface area contributed by atoms with Crippen molar-refractivity contribution in [1.29, 1.82) is 0 Å². The molecule has 0 amide bonds. The fourth-order valence-electron chi connectivity index (χ4n) is 9.34. The van der Waals surface area contributed by atoms with Crippen molar-refractivity contribution >= 4 is 117 Å². The Kier molecular flexibility index (Phi) is 5.69. The van der Waals surface area contributed by atoms with Crippen LogP contribution in [0.25, 0.3) is 117 Å². The molecule has 9 aromatic carbocycles. The largest absolute Gasteiger partial charge is 0.309 e. The molecular weight excluding hydrogens is 693 g/mol. The first-order chi connectivity index (χ1) is 26.8. The molecule has 0 spiro atoms. The Labute approximate surface area is 317 Å². The van der Waals surface area contributed by atoms with Gasteiger partial charge in [-0.05, 0) is 101 Å². The average Bonchev–Trinajstić information content (AvgIpc) is 3.97. The summed E-state index contributed by atoms with van der Waals surface area (Å²) in [5, 5.41) is 13.0. The van der Waals surface area contributed by atoms with E-state index in [1.807, 2.05) is 22.7 Å². The first-order valence-electron chi connectivity index (χ1n) is 18.4. The lowest BCUT2D eigenvalue weighted by molar-refractivity contribution is 1.19. The second-order valence-electron chi connectivity index (χ2n) is 14.5. The molecule has 54 heavy (non-hydrogen) atoms. The summed E-state index contributed by atoms with van der Waals surface area (Å²) in [6.45, 7) is 0. The van der Waals surface area contributed by atoms with Crippen molar-refractivity contribution in [3.05, 3.63) is 170 Å². The highest BCUT2D eigenvalue weighted by Crippen LogP contribution is 2.45. The maximum absolute atomic E-state index is 2.48. The van der Waals surface area contributed by atoms with E-state index in [0.29, 0.717) is 0 Å². The lowest BCUT2D eigenvalue weighted by Crippen LogP contribution is -1.94. The van der Waals surface area contributed by atoms with Gasteiger partial charge in [0.25, 0.3) is 0 Å². The van der Waals surface area contributed by atoms with Crippen LogP contribution in [-0.2, 0) is 0 Å². The van der Waals surface area contributed by atoms with Gasteiger partial charge < -0.3 is 9.13 Å². The van der Waals surface area contributed by atoms with Crippen LogP contribution in [0.1, 0.15) is 0 Å². The highest BCUT2D eigenvalue weighted by molar-refractivity contribution is 7.26. The standard InChI is InChI=1S/C50H28N2S2/c1-4-12-41-34(9-1)38-26-30(17-22-42(38)51(41)31-18-24-47-39(27-31)35-10-2-5-14-45(35)53-47)33-21-23-44-50-37(33)20-16-29-8-7-13-43(49(29)50)52(44)32-19-25-48-40(28-32)36-11-3-6-15-46(36)54-48/h1-28H. The Morgan fingerprint density at radius 3 is 1.63 bits per heavy atom. The number of aromatic nitrogens is 2. The average molecular weight is 721 g/mol. The molecule has 0 radical (unpaired) electrons. The molecule has 2 nitrogen and oxygen atoms in total. The lowest BCUT2D eigenvalue weighted by atomic mass is 9.94. The molecule has 0 fully saturated rings. The van der Waals surface area contributed by atoms with Gasteiger partial charge >= 0.3 is 0 Å². The number of thiophene rings is 2. The van der Waals surface area contributed by atoms with E-state index in [4.69, 9.17) is 0 Å². The zero-order valence-electron chi connectivity index (χ0n) is 28.9. The maximum Gasteiger partial charge on any atom is 0.0547 e. The Hall–Kier alpha value is -6.46. The summed E-state index contributed by atoms with van der Waals surface area (Å²) in [7, 11) is 0. The summed E-state index contributed by atoms with van der Waals surface area (Å²) >= 11 is 3.74. The van der Waals surface area contributed by atoms with Crippen LogP contribution in [0.2, 0.25) is 0 Å². The minimum atomic E-state index is 1.19. The highest BCUT2D eigenvalue weighted by atomic mass is 32.1. The summed E-state index contributed by atoms with van der Waals surface area (Å²) in [5.41, 5.74) is 9.83. The van der Waals surface area contributed by atoms with E-state index in [0.717, 1.165) is 0 Å². The monoisotopic (exact) mass is 720 g/mol. The number of fused-ring (bicyclic) bond motifs is 9. The van der Waals surface area contributed by atoms with E-state index in [1.165, 1.54) is 117 Å². The molecule has 0 N–H and O–H groups in total. The van der Waals surface area contributed by atoms with Crippen molar-refractivity contribution in [2.75, 3.05) is 0 Å². The molecule has 0 aliphatic rings. The van der Waals surface area contributed by atoms with E-state index < -0.39 is 0 Å². The summed E-state index contributed by atoms with van der Waals surface area (Å²) in [6.07, 6.45) is 0. The van der Waals surface area contributed by atoms with Crippen LogP contribution in [0.3, 0.4) is 0 Å². The number of rotatable bonds is 3. The van der Waals surface area contributed by atoms with E-state index >= 15 is 0 Å². The van der Waals surface area contributed by atoms with Crippen LogP contribution in [0.4, 0.5) is 0 Å². The fraction of sp³-hybridized carbons (Fsp3) is 0. The predicted octanol–water partition coefficient (Wildman–Crippen LogP) is 14.9. The second-order valence-corrected chi connectivity index (χ2v) is 16.6. The van der Waals surface area contributed by atoms with E-state index in [9.17, 15) is 0 Å². The molecule has 0 aliphatic heterocycles. The zero-order chi connectivity index (χ0) is 35.1. The molecule has 0 saturated heterocycles. The van der Waals surface area contributed by atoms with Gasteiger partial charge in [-0.2, -0.15) is 0 Å². The summed E-state index contributed by atoms with van der Waals surface area (Å²) in [6, 6.07) is 63.5. The Morgan fingerprint density at radius 2 is 0.889 bits per heavy atom. The SMILES string of the molecule is c1ccc2c(c1)sc1ccc(-n3c4ccccc4c4cc(-c5ccc6c7c5ccc5cccc(c57)n6-c5ccc6sc7ccccc7c6c5)ccc43)cc12. The normalized spacial score (nSPS) is 12.4. The van der Waals surface area contributed by atoms with E-state index in [1.54, 1.807) is 0 Å². The molecule has 0 atom stereocenters. The van der Waals surface area contributed by atoms with Crippen LogP contribution in [0.5, 0.6) is 0 Å². The van der Waals surface area contributed by atoms with Gasteiger partial charge in [0, 0.05) is 73.3 Å². The van der Waals surface area contributed by atoms with Crippen molar-refractivity contribution in [2.45, 2.75) is 0 Å². The van der Waals surface area contributed by atoms with Gasteiger partial charge in [0.15, 0.2) is 0 Å². The van der Waals surface area contributed by atoms with Gasteiger partial charge in [-0.25, -0.2) is 0 Å². The minimum absolute atomic E-state index is 1.19. The molecule has 0 saturated carbocycles. The molecule has 4 heteroatoms. The minimum Gasteiger partial charge on any atom is -0.309 e. The van der Waals surface area contributed by atoms with Gasteiger partial charge in [-0.15, -0.1) is 22.7 Å². The van der Waals surface area contributed by atoms with E-state index in [2.05, 4.69) is 179 Å². The Bertz CT molecular complexity index is 3680. The van der Waals surface area contributed by atoms with Crippen LogP contribution < -0.4 is 0 Å². The Balaban J connectivity index is 1.03. The molecule has 0 unspecified atom stereocenters. The van der Waals surface area contributed by atoms with Crippen LogP contribution in [-0.4, -0.2) is 9.13 Å². The summed E-state index contributed by atoms with van der Waals surface area (Å²) in [5.74, 6) is 0. The molecule has 4 heterocycles. The lowest BCUT2D eigenvalue weighted by Gasteiger charge is -2.11. The molecule has 0 aliphatic carbocycles. The number of para-hydroxylation sites is 1. The van der Waals surface area contributed by atoms with Crippen molar-refractivity contribution in [3.8, 4) is 22.5 Å². The second kappa shape index (κ2) is 10.6. The van der Waals surface area contributed by atoms with Crippen molar-refractivity contribution in [2.24, 2.45) is 0 Å². The first-order valence-corrected chi connectivity index (χ1v) is 20.1. The molecule has 4 aromatic heterocycles. The number of benzene rings is 9. The maximum atomic E-state index is 2.48. The number of nitrogens with zero attached hydrogens (tertiary/aromatic N) is 2. The number of hydrogen-bond acceptors (Lipinski definition) is 2. The van der Waals surface area contributed by atoms with Crippen molar-refractivity contribution in [1.82, 2.24) is 9.13 Å². The molecule has 250 valence electrons. The molecular formula is C50H28N2S2. The Morgan fingerprint density at radius 1 is 0.315 bits per heavy atom. The fourth-order valence-corrected chi connectivity index (χ4v) is 11.5. The number of hydrogen-bond donors (Lipinski definition) is 0. The highest BCUT2D eigenvalue weighted by Gasteiger charge is 2.21. The molecule has 0 bridgehead atoms. The first kappa shape index (κ1) is 29.0. The molecule has 13 aromatic rings. The van der Waals surface area contributed by atoms with Crippen LogP contribution >= 0.6 is 22.7 Å². The third-order valence-electron chi connectivity index (χ3n) is 11.7. The quantitative estimate of drug-likeness (QED) is 0.161. The van der Waals surface area contributed by atoms with E-state index in [-0.39, 0.29) is 0 Å². The van der Waals surface area contributed by atoms with Gasteiger partial charge in [0.05, 0.1) is 22.1 Å².